The Hall–Kier alpha value is -3.00. The lowest BCUT2D eigenvalue weighted by molar-refractivity contribution is -0.118. The van der Waals surface area contributed by atoms with Gasteiger partial charge >= 0.3 is 0 Å². The Kier molecular flexibility index (Phi) is 6.20. The summed E-state index contributed by atoms with van der Waals surface area (Å²) in [5.74, 6) is 6.85. The van der Waals surface area contributed by atoms with Crippen molar-refractivity contribution >= 4 is 23.4 Å². The zero-order chi connectivity index (χ0) is 20.1. The minimum absolute atomic E-state index is 0.0814. The zero-order valence-corrected chi connectivity index (χ0v) is 17.0. The lowest BCUT2D eigenvalue weighted by atomic mass is 10.1. The Morgan fingerprint density at radius 2 is 1.86 bits per heavy atom. The number of aromatic nitrogens is 3. The van der Waals surface area contributed by atoms with E-state index in [9.17, 15) is 4.79 Å². The SMILES string of the molecule is Cc1ccccc1-c1nnc(SCC(=O)NCc2ccc(N(C)C)cc2)n1N. The molecule has 0 saturated heterocycles. The van der Waals surface area contributed by atoms with Crippen LogP contribution in [-0.2, 0) is 11.3 Å². The summed E-state index contributed by atoms with van der Waals surface area (Å²) in [5.41, 5.74) is 4.16. The van der Waals surface area contributed by atoms with Crippen LogP contribution in [0.15, 0.2) is 53.7 Å². The van der Waals surface area contributed by atoms with Crippen molar-refractivity contribution in [1.29, 1.82) is 0 Å². The van der Waals surface area contributed by atoms with Gasteiger partial charge in [-0.05, 0) is 30.2 Å². The van der Waals surface area contributed by atoms with E-state index in [1.165, 1.54) is 16.4 Å². The molecule has 0 unspecified atom stereocenters. The van der Waals surface area contributed by atoms with Crippen LogP contribution in [0.4, 0.5) is 5.69 Å². The molecule has 28 heavy (non-hydrogen) atoms. The third-order valence-electron chi connectivity index (χ3n) is 4.33. The van der Waals surface area contributed by atoms with Gasteiger partial charge in [-0.1, -0.05) is 48.2 Å². The van der Waals surface area contributed by atoms with E-state index in [1.54, 1.807) is 0 Å². The van der Waals surface area contributed by atoms with E-state index in [0.29, 0.717) is 17.5 Å². The smallest absolute Gasteiger partial charge is 0.230 e. The highest BCUT2D eigenvalue weighted by atomic mass is 32.2. The number of aryl methyl sites for hydroxylation is 1. The van der Waals surface area contributed by atoms with E-state index in [0.717, 1.165) is 22.4 Å². The predicted octanol–water partition coefficient (Wildman–Crippen LogP) is 2.44. The monoisotopic (exact) mass is 396 g/mol. The number of nitrogens with zero attached hydrogens (tertiary/aromatic N) is 4. The summed E-state index contributed by atoms with van der Waals surface area (Å²) in [4.78, 5) is 14.2. The van der Waals surface area contributed by atoms with Gasteiger partial charge in [0.2, 0.25) is 11.1 Å². The van der Waals surface area contributed by atoms with Gasteiger partial charge in [0.05, 0.1) is 5.75 Å². The first-order chi connectivity index (χ1) is 13.5. The Morgan fingerprint density at radius 1 is 1.14 bits per heavy atom. The van der Waals surface area contributed by atoms with Crippen LogP contribution in [0.2, 0.25) is 0 Å². The van der Waals surface area contributed by atoms with Crippen molar-refractivity contribution in [3.05, 3.63) is 59.7 Å². The van der Waals surface area contributed by atoms with E-state index in [-0.39, 0.29) is 11.7 Å². The molecule has 3 N–H and O–H groups in total. The Bertz CT molecular complexity index is 952. The van der Waals surface area contributed by atoms with E-state index in [1.807, 2.05) is 74.4 Å². The number of carbonyl (C=O) groups is 1. The van der Waals surface area contributed by atoms with Crippen molar-refractivity contribution in [2.45, 2.75) is 18.6 Å². The standard InChI is InChI=1S/C20H24N6OS/c1-14-6-4-5-7-17(14)19-23-24-20(26(19)21)28-13-18(27)22-12-15-8-10-16(11-9-15)25(2)3/h4-11H,12-13,21H2,1-3H3,(H,22,27). The molecule has 0 bridgehead atoms. The number of nitrogens with two attached hydrogens (primary N) is 1. The van der Waals surface area contributed by atoms with Crippen LogP contribution in [0.5, 0.6) is 0 Å². The number of amides is 1. The Balaban J connectivity index is 1.54. The molecule has 0 aliphatic carbocycles. The van der Waals surface area contributed by atoms with Gasteiger partial charge in [-0.15, -0.1) is 10.2 Å². The van der Waals surface area contributed by atoms with Gasteiger partial charge in [-0.3, -0.25) is 4.79 Å². The van der Waals surface area contributed by atoms with E-state index < -0.39 is 0 Å². The second-order valence-electron chi connectivity index (χ2n) is 6.62. The number of hydrogen-bond donors (Lipinski definition) is 2. The molecule has 0 aliphatic heterocycles. The molecule has 3 aromatic rings. The first kappa shape index (κ1) is 19.8. The molecular formula is C20H24N6OS. The summed E-state index contributed by atoms with van der Waals surface area (Å²) in [6.45, 7) is 2.48. The summed E-state index contributed by atoms with van der Waals surface area (Å²) < 4.78 is 1.43. The second-order valence-corrected chi connectivity index (χ2v) is 7.56. The molecule has 146 valence electrons. The Morgan fingerprint density at radius 3 is 2.54 bits per heavy atom. The number of anilines is 1. The Labute approximate surface area is 168 Å². The summed E-state index contributed by atoms with van der Waals surface area (Å²) >= 11 is 1.26. The van der Waals surface area contributed by atoms with Crippen LogP contribution in [0.1, 0.15) is 11.1 Å². The number of carbonyl (C=O) groups excluding carboxylic acids is 1. The van der Waals surface area contributed by atoms with E-state index >= 15 is 0 Å². The van der Waals surface area contributed by atoms with Crippen LogP contribution in [0, 0.1) is 6.92 Å². The molecule has 0 spiro atoms. The predicted molar refractivity (Wildman–Crippen MR) is 114 cm³/mol. The number of nitrogen functional groups attached to an aromatic ring is 1. The molecule has 0 aliphatic rings. The quantitative estimate of drug-likeness (QED) is 0.471. The molecule has 0 saturated carbocycles. The van der Waals surface area contributed by atoms with Gasteiger partial charge in [-0.25, -0.2) is 4.68 Å². The van der Waals surface area contributed by atoms with Crippen LogP contribution in [-0.4, -0.2) is 40.6 Å². The maximum atomic E-state index is 12.2. The lowest BCUT2D eigenvalue weighted by Crippen LogP contribution is -2.25. The minimum atomic E-state index is -0.0814. The average Bonchev–Trinajstić information content (AvgIpc) is 3.05. The number of benzene rings is 2. The van der Waals surface area contributed by atoms with Gasteiger partial charge in [0.25, 0.3) is 0 Å². The summed E-state index contributed by atoms with van der Waals surface area (Å²) in [6, 6.07) is 15.9. The highest BCUT2D eigenvalue weighted by Crippen LogP contribution is 2.24. The third-order valence-corrected chi connectivity index (χ3v) is 5.27. The van der Waals surface area contributed by atoms with Crippen LogP contribution in [0.3, 0.4) is 0 Å². The molecule has 0 radical (unpaired) electrons. The molecule has 1 amide bonds. The lowest BCUT2D eigenvalue weighted by Gasteiger charge is -2.12. The maximum absolute atomic E-state index is 12.2. The normalized spacial score (nSPS) is 10.7. The first-order valence-electron chi connectivity index (χ1n) is 8.88. The molecule has 1 heterocycles. The number of thioether (sulfide) groups is 1. The topological polar surface area (TPSA) is 89.1 Å². The summed E-state index contributed by atoms with van der Waals surface area (Å²) in [7, 11) is 3.99. The van der Waals surface area contributed by atoms with Crippen LogP contribution >= 0.6 is 11.8 Å². The van der Waals surface area contributed by atoms with E-state index in [4.69, 9.17) is 5.84 Å². The second kappa shape index (κ2) is 8.79. The molecule has 0 fully saturated rings. The van der Waals surface area contributed by atoms with Gasteiger partial charge < -0.3 is 16.1 Å². The van der Waals surface area contributed by atoms with Crippen LogP contribution in [0.25, 0.3) is 11.4 Å². The largest absolute Gasteiger partial charge is 0.378 e. The third kappa shape index (κ3) is 4.64. The fourth-order valence-electron chi connectivity index (χ4n) is 2.68. The molecule has 3 rings (SSSR count). The van der Waals surface area contributed by atoms with Crippen molar-refractivity contribution in [1.82, 2.24) is 20.2 Å². The number of rotatable bonds is 7. The van der Waals surface area contributed by atoms with Crippen molar-refractivity contribution in [3.8, 4) is 11.4 Å². The van der Waals surface area contributed by atoms with Gasteiger partial charge in [0, 0.05) is 31.9 Å². The van der Waals surface area contributed by atoms with Gasteiger partial charge in [0.1, 0.15) is 0 Å². The van der Waals surface area contributed by atoms with E-state index in [2.05, 4.69) is 15.5 Å². The first-order valence-corrected chi connectivity index (χ1v) is 9.86. The van der Waals surface area contributed by atoms with Crippen molar-refractivity contribution in [3.63, 3.8) is 0 Å². The highest BCUT2D eigenvalue weighted by molar-refractivity contribution is 7.99. The average molecular weight is 397 g/mol. The molecule has 1 aromatic heterocycles. The fraction of sp³-hybridized carbons (Fsp3) is 0.250. The summed E-state index contributed by atoms with van der Waals surface area (Å²) in [6.07, 6.45) is 0. The summed E-state index contributed by atoms with van der Waals surface area (Å²) in [5, 5.41) is 11.7. The number of nitrogens with one attached hydrogen (secondary N) is 1. The molecule has 0 atom stereocenters. The van der Waals surface area contributed by atoms with Gasteiger partial charge in [0.15, 0.2) is 5.82 Å². The van der Waals surface area contributed by atoms with Crippen molar-refractivity contribution in [2.24, 2.45) is 0 Å². The zero-order valence-electron chi connectivity index (χ0n) is 16.2. The fourth-order valence-corrected chi connectivity index (χ4v) is 3.36. The number of hydrogen-bond acceptors (Lipinski definition) is 6. The highest BCUT2D eigenvalue weighted by Gasteiger charge is 2.15. The van der Waals surface area contributed by atoms with Crippen molar-refractivity contribution in [2.75, 3.05) is 30.6 Å². The molecule has 7 nitrogen and oxygen atoms in total. The minimum Gasteiger partial charge on any atom is -0.378 e. The molecule has 2 aromatic carbocycles. The molecular weight excluding hydrogens is 372 g/mol. The maximum Gasteiger partial charge on any atom is 0.230 e. The van der Waals surface area contributed by atoms with Gasteiger partial charge in [-0.2, -0.15) is 0 Å². The molecule has 8 heteroatoms. The van der Waals surface area contributed by atoms with Crippen LogP contribution < -0.4 is 16.1 Å². The van der Waals surface area contributed by atoms with Crippen molar-refractivity contribution < 1.29 is 4.79 Å².